The molecule has 0 aliphatic carbocycles. The van der Waals surface area contributed by atoms with E-state index in [9.17, 15) is 4.79 Å². The van der Waals surface area contributed by atoms with Crippen LogP contribution in [-0.4, -0.2) is 17.7 Å². The van der Waals surface area contributed by atoms with E-state index >= 15 is 0 Å². The molecule has 1 heterocycles. The predicted octanol–water partition coefficient (Wildman–Crippen LogP) is 6.42. The van der Waals surface area contributed by atoms with Crippen molar-refractivity contribution < 1.29 is 4.79 Å². The van der Waals surface area contributed by atoms with Crippen LogP contribution in [0.2, 0.25) is 0 Å². The van der Waals surface area contributed by atoms with Crippen LogP contribution >= 0.6 is 27.7 Å². The molecule has 2 nitrogen and oxygen atoms in total. The first kappa shape index (κ1) is 19.3. The molecule has 0 N–H and O–H groups in total. The Balaban J connectivity index is 1.86. The normalized spacial score (nSPS) is 18.8. The van der Waals surface area contributed by atoms with Crippen LogP contribution in [0.15, 0.2) is 82.2 Å². The van der Waals surface area contributed by atoms with Gasteiger partial charge in [-0.25, -0.2) is 0 Å². The summed E-state index contributed by atoms with van der Waals surface area (Å²) in [4.78, 5) is 16.6. The quantitative estimate of drug-likeness (QED) is 0.456. The van der Waals surface area contributed by atoms with Crippen molar-refractivity contribution in [1.29, 1.82) is 0 Å². The summed E-state index contributed by atoms with van der Waals surface area (Å²) in [7, 11) is 0. The highest BCUT2D eigenvalue weighted by Crippen LogP contribution is 2.47. The number of halogens is 1. The van der Waals surface area contributed by atoms with Crippen molar-refractivity contribution in [2.24, 2.45) is 0 Å². The van der Waals surface area contributed by atoms with Gasteiger partial charge < -0.3 is 4.90 Å². The predicted molar refractivity (Wildman–Crippen MR) is 121 cm³/mol. The van der Waals surface area contributed by atoms with Gasteiger partial charge in [0, 0.05) is 27.5 Å². The molecule has 4 heteroatoms. The fraction of sp³-hybridized carbons (Fsp3) is 0.208. The number of aryl methyl sites for hydroxylation is 1. The molecule has 0 saturated heterocycles. The van der Waals surface area contributed by atoms with Crippen molar-refractivity contribution in [3.63, 3.8) is 0 Å². The third-order valence-corrected chi connectivity index (χ3v) is 6.95. The number of carbonyl (C=O) groups excluding carboxylic acids is 1. The minimum Gasteiger partial charge on any atom is -0.311 e. The zero-order chi connectivity index (χ0) is 19.7. The molecule has 0 aromatic heterocycles. The molecule has 1 aliphatic heterocycles. The largest absolute Gasteiger partial charge is 0.311 e. The maximum absolute atomic E-state index is 13.6. The lowest BCUT2D eigenvalue weighted by atomic mass is 9.83. The molecule has 3 aromatic rings. The first-order valence-corrected chi connectivity index (χ1v) is 11.1. The fourth-order valence-electron chi connectivity index (χ4n) is 3.82. The third-order valence-electron chi connectivity index (χ3n) is 5.19. The molecule has 0 radical (unpaired) electrons. The van der Waals surface area contributed by atoms with Gasteiger partial charge in [0.15, 0.2) is 0 Å². The number of rotatable bonds is 4. The zero-order valence-corrected chi connectivity index (χ0v) is 18.3. The molecular formula is C24H22BrNOS. The molecule has 28 heavy (non-hydrogen) atoms. The fourth-order valence-corrected chi connectivity index (χ4v) is 5.45. The van der Waals surface area contributed by atoms with Gasteiger partial charge >= 0.3 is 0 Å². The van der Waals surface area contributed by atoms with Gasteiger partial charge in [-0.1, -0.05) is 64.0 Å². The van der Waals surface area contributed by atoms with Gasteiger partial charge in [-0.3, -0.25) is 4.79 Å². The molecule has 2 atom stereocenters. The molecule has 0 spiro atoms. The lowest BCUT2D eigenvalue weighted by molar-refractivity contribution is -0.118. The average Bonchev–Trinajstić information content (AvgIpc) is 2.71. The number of carbonyl (C=O) groups is 1. The standard InChI is InChI=1S/C24H22BrNOS/c1-3-26-21-14-11-18(25)15-20(21)22(17-7-5-4-6-8-17)23(24(26)27)28-19-12-9-16(2)10-13-19/h4-15,22-23H,3H2,1-2H3/t22-,23-/m0/s1. The van der Waals surface area contributed by atoms with Gasteiger partial charge in [0.25, 0.3) is 0 Å². The molecular weight excluding hydrogens is 430 g/mol. The van der Waals surface area contributed by atoms with E-state index in [1.807, 2.05) is 24.0 Å². The van der Waals surface area contributed by atoms with Crippen molar-refractivity contribution in [3.8, 4) is 0 Å². The summed E-state index contributed by atoms with van der Waals surface area (Å²) in [6.45, 7) is 4.79. The van der Waals surface area contributed by atoms with Gasteiger partial charge in [-0.05, 0) is 55.3 Å². The highest BCUT2D eigenvalue weighted by molar-refractivity contribution is 9.10. The second kappa shape index (κ2) is 8.14. The number of anilines is 1. The summed E-state index contributed by atoms with van der Waals surface area (Å²) in [5.74, 6) is 0.187. The van der Waals surface area contributed by atoms with Crippen LogP contribution in [-0.2, 0) is 4.79 Å². The molecule has 0 fully saturated rings. The Labute approximate surface area is 179 Å². The number of amides is 1. The number of thioether (sulfide) groups is 1. The Morgan fingerprint density at radius 3 is 2.39 bits per heavy atom. The van der Waals surface area contributed by atoms with Gasteiger partial charge in [0.1, 0.15) is 0 Å². The molecule has 3 aromatic carbocycles. The Kier molecular flexibility index (Phi) is 5.61. The summed E-state index contributed by atoms with van der Waals surface area (Å²) in [5.41, 5.74) is 4.62. The minimum absolute atomic E-state index is 0.00954. The monoisotopic (exact) mass is 451 g/mol. The summed E-state index contributed by atoms with van der Waals surface area (Å²) in [6.07, 6.45) is 0. The number of fused-ring (bicyclic) bond motifs is 1. The van der Waals surface area contributed by atoms with Crippen LogP contribution in [0, 0.1) is 6.92 Å². The van der Waals surface area contributed by atoms with Crippen molar-refractivity contribution in [1.82, 2.24) is 0 Å². The van der Waals surface area contributed by atoms with Crippen LogP contribution < -0.4 is 4.90 Å². The van der Waals surface area contributed by atoms with E-state index in [0.717, 1.165) is 15.1 Å². The van der Waals surface area contributed by atoms with E-state index in [-0.39, 0.29) is 17.1 Å². The van der Waals surface area contributed by atoms with Crippen molar-refractivity contribution >= 4 is 39.3 Å². The van der Waals surface area contributed by atoms with Gasteiger partial charge in [-0.2, -0.15) is 0 Å². The second-order valence-corrected chi connectivity index (χ2v) is 9.16. The van der Waals surface area contributed by atoms with E-state index in [1.165, 1.54) is 16.7 Å². The van der Waals surface area contributed by atoms with Crippen LogP contribution in [0.5, 0.6) is 0 Å². The average molecular weight is 452 g/mol. The lowest BCUT2D eigenvalue weighted by Crippen LogP contribution is -2.45. The highest BCUT2D eigenvalue weighted by atomic mass is 79.9. The van der Waals surface area contributed by atoms with Crippen molar-refractivity contribution in [3.05, 3.63) is 94.0 Å². The van der Waals surface area contributed by atoms with Crippen LogP contribution in [0.1, 0.15) is 29.5 Å². The van der Waals surface area contributed by atoms with E-state index < -0.39 is 0 Å². The maximum atomic E-state index is 13.6. The van der Waals surface area contributed by atoms with E-state index in [0.29, 0.717) is 6.54 Å². The maximum Gasteiger partial charge on any atom is 0.241 e. The van der Waals surface area contributed by atoms with E-state index in [4.69, 9.17) is 0 Å². The molecule has 1 amide bonds. The first-order chi connectivity index (χ1) is 13.6. The molecule has 142 valence electrons. The lowest BCUT2D eigenvalue weighted by Gasteiger charge is -2.39. The summed E-state index contributed by atoms with van der Waals surface area (Å²) in [5, 5.41) is -0.202. The van der Waals surface area contributed by atoms with Gasteiger partial charge in [0.05, 0.1) is 5.25 Å². The molecule has 0 bridgehead atoms. The van der Waals surface area contributed by atoms with Crippen LogP contribution in [0.4, 0.5) is 5.69 Å². The van der Waals surface area contributed by atoms with E-state index in [1.54, 1.807) is 11.8 Å². The number of hydrogen-bond donors (Lipinski definition) is 0. The van der Waals surface area contributed by atoms with Crippen LogP contribution in [0.3, 0.4) is 0 Å². The highest BCUT2D eigenvalue weighted by Gasteiger charge is 2.41. The molecule has 1 aliphatic rings. The zero-order valence-electron chi connectivity index (χ0n) is 15.9. The van der Waals surface area contributed by atoms with E-state index in [2.05, 4.69) is 83.5 Å². The number of benzene rings is 3. The summed E-state index contributed by atoms with van der Waals surface area (Å²) < 4.78 is 1.04. The second-order valence-electron chi connectivity index (χ2n) is 7.03. The van der Waals surface area contributed by atoms with Gasteiger partial charge in [-0.15, -0.1) is 11.8 Å². The number of nitrogens with zero attached hydrogens (tertiary/aromatic N) is 1. The Morgan fingerprint density at radius 1 is 1.00 bits per heavy atom. The summed E-state index contributed by atoms with van der Waals surface area (Å²) >= 11 is 5.30. The van der Waals surface area contributed by atoms with Crippen molar-refractivity contribution in [2.45, 2.75) is 29.9 Å². The summed E-state index contributed by atoms with van der Waals surface area (Å²) in [6, 6.07) is 25.1. The third kappa shape index (κ3) is 3.63. The number of hydrogen-bond acceptors (Lipinski definition) is 2. The Hall–Kier alpha value is -2.04. The first-order valence-electron chi connectivity index (χ1n) is 9.47. The molecule has 0 saturated carbocycles. The van der Waals surface area contributed by atoms with Crippen molar-refractivity contribution in [2.75, 3.05) is 11.4 Å². The smallest absolute Gasteiger partial charge is 0.241 e. The van der Waals surface area contributed by atoms with Gasteiger partial charge in [0.2, 0.25) is 5.91 Å². The molecule has 0 unspecified atom stereocenters. The Morgan fingerprint density at radius 2 is 1.71 bits per heavy atom. The SMILES string of the molecule is CCN1C(=O)[C@@H](Sc2ccc(C)cc2)[C@@H](c2ccccc2)c2cc(Br)ccc21. The van der Waals surface area contributed by atoms with Crippen LogP contribution in [0.25, 0.3) is 0 Å². The topological polar surface area (TPSA) is 20.3 Å². The minimum atomic E-state index is -0.202. The Bertz CT molecular complexity index is 987. The molecule has 4 rings (SSSR count).